The number of nitriles is 1. The summed E-state index contributed by atoms with van der Waals surface area (Å²) < 4.78 is 31.3. The maximum Gasteiger partial charge on any atom is 0.387 e. The predicted octanol–water partition coefficient (Wildman–Crippen LogP) is 5.37. The van der Waals surface area contributed by atoms with Gasteiger partial charge in [-0.15, -0.1) is 0 Å². The maximum atomic E-state index is 13.9. The zero-order valence-electron chi connectivity index (χ0n) is 21.6. The normalized spacial score (nSPS) is 19.4. The minimum Gasteiger partial charge on any atom is -0.435 e. The van der Waals surface area contributed by atoms with Crippen LogP contribution >= 0.6 is 11.6 Å². The summed E-state index contributed by atoms with van der Waals surface area (Å²) in [6.07, 6.45) is 0.487. The van der Waals surface area contributed by atoms with Crippen molar-refractivity contribution in [1.29, 1.82) is 5.26 Å². The van der Waals surface area contributed by atoms with Crippen molar-refractivity contribution in [1.82, 2.24) is 19.6 Å². The molecule has 8 nitrogen and oxygen atoms in total. The van der Waals surface area contributed by atoms with Gasteiger partial charge in [-0.25, -0.2) is 0 Å². The van der Waals surface area contributed by atoms with Gasteiger partial charge < -0.3 is 14.5 Å². The van der Waals surface area contributed by atoms with Crippen molar-refractivity contribution >= 4 is 23.4 Å². The summed E-state index contributed by atoms with van der Waals surface area (Å²) in [5, 5.41) is 14.4. The lowest BCUT2D eigenvalue weighted by Crippen LogP contribution is -2.45. The number of alkyl halides is 2. The first kappa shape index (κ1) is 26.6. The Morgan fingerprint density at radius 1 is 1.18 bits per heavy atom. The number of amides is 2. The lowest BCUT2D eigenvalue weighted by atomic mass is 9.96. The Morgan fingerprint density at radius 2 is 1.90 bits per heavy atom. The summed E-state index contributed by atoms with van der Waals surface area (Å²) in [6.45, 7) is 3.51. The fourth-order valence-electron chi connectivity index (χ4n) is 5.31. The molecule has 0 saturated heterocycles. The van der Waals surface area contributed by atoms with E-state index >= 15 is 0 Å². The van der Waals surface area contributed by atoms with E-state index in [9.17, 15) is 23.6 Å². The Labute approximate surface area is 229 Å². The summed E-state index contributed by atoms with van der Waals surface area (Å²) in [6, 6.07) is 12.3. The number of halogens is 3. The lowest BCUT2D eigenvalue weighted by molar-refractivity contribution is -0.0498. The second-order valence-electron chi connectivity index (χ2n) is 9.94. The number of carbonyl (C=O) groups is 2. The van der Waals surface area contributed by atoms with Gasteiger partial charge in [0.2, 0.25) is 0 Å². The van der Waals surface area contributed by atoms with Crippen LogP contribution in [-0.4, -0.2) is 50.6 Å². The summed E-state index contributed by atoms with van der Waals surface area (Å²) in [7, 11) is 0. The number of hydrogen-bond donors (Lipinski definition) is 0. The number of carbonyl (C=O) groups excluding carboxylic acids is 2. The standard InChI is InChI=1S/C28H26ClF2N5O3/c1-15-10-24-22(14-34(15)26(37)19-6-9-23(29)20(11-19)12-32)25-27(38)35(13-16(2)36(25)33-24)17(3)18-4-7-21(8-5-18)39-28(30)31/h4-9,11,15-17,28H,10,13-14H2,1-3H3/t15-,16-,17+/m1/s1. The molecule has 202 valence electrons. The van der Waals surface area contributed by atoms with Crippen LogP contribution in [0, 0.1) is 11.3 Å². The molecule has 11 heteroatoms. The van der Waals surface area contributed by atoms with E-state index in [0.717, 1.165) is 11.3 Å². The van der Waals surface area contributed by atoms with E-state index in [2.05, 4.69) is 4.74 Å². The summed E-state index contributed by atoms with van der Waals surface area (Å²) in [5.41, 5.74) is 3.30. The molecule has 0 N–H and O–H groups in total. The number of aromatic nitrogens is 2. The first-order chi connectivity index (χ1) is 18.6. The van der Waals surface area contributed by atoms with Gasteiger partial charge in [-0.05, 0) is 56.7 Å². The fourth-order valence-corrected chi connectivity index (χ4v) is 5.47. The second kappa shape index (κ2) is 10.3. The summed E-state index contributed by atoms with van der Waals surface area (Å²) >= 11 is 6.05. The van der Waals surface area contributed by atoms with E-state index in [1.54, 1.807) is 32.7 Å². The molecule has 39 heavy (non-hydrogen) atoms. The molecule has 0 spiro atoms. The number of nitrogens with zero attached hydrogens (tertiary/aromatic N) is 5. The highest BCUT2D eigenvalue weighted by Crippen LogP contribution is 2.35. The van der Waals surface area contributed by atoms with Gasteiger partial charge in [0, 0.05) is 30.1 Å². The Morgan fingerprint density at radius 3 is 2.56 bits per heavy atom. The lowest BCUT2D eigenvalue weighted by Gasteiger charge is -2.37. The van der Waals surface area contributed by atoms with E-state index in [1.807, 2.05) is 26.8 Å². The third kappa shape index (κ3) is 4.83. The second-order valence-corrected chi connectivity index (χ2v) is 10.3. The number of ether oxygens (including phenoxy) is 1. The van der Waals surface area contributed by atoms with Crippen LogP contribution < -0.4 is 4.74 Å². The Balaban J connectivity index is 1.43. The number of benzene rings is 2. The van der Waals surface area contributed by atoms with Crippen LogP contribution in [0.2, 0.25) is 5.02 Å². The molecule has 0 unspecified atom stereocenters. The van der Waals surface area contributed by atoms with E-state index in [1.165, 1.54) is 24.3 Å². The smallest absolute Gasteiger partial charge is 0.387 e. The summed E-state index contributed by atoms with van der Waals surface area (Å²) in [4.78, 5) is 30.8. The number of hydrogen-bond acceptors (Lipinski definition) is 5. The van der Waals surface area contributed by atoms with Crippen LogP contribution in [0.1, 0.15) is 76.1 Å². The average Bonchev–Trinajstić information content (AvgIpc) is 3.29. The van der Waals surface area contributed by atoms with Crippen molar-refractivity contribution in [2.45, 2.75) is 58.5 Å². The van der Waals surface area contributed by atoms with Gasteiger partial charge in [0.25, 0.3) is 11.8 Å². The van der Waals surface area contributed by atoms with E-state index in [-0.39, 0.29) is 52.8 Å². The molecule has 1 aromatic heterocycles. The highest BCUT2D eigenvalue weighted by atomic mass is 35.5. The molecule has 0 fully saturated rings. The van der Waals surface area contributed by atoms with Gasteiger partial charge in [-0.1, -0.05) is 23.7 Å². The first-order valence-corrected chi connectivity index (χ1v) is 12.9. The Bertz CT molecular complexity index is 1480. The Hall–Kier alpha value is -3.97. The highest BCUT2D eigenvalue weighted by Gasteiger charge is 2.40. The highest BCUT2D eigenvalue weighted by molar-refractivity contribution is 6.31. The molecule has 2 aliphatic rings. The molecule has 0 bridgehead atoms. The van der Waals surface area contributed by atoms with E-state index < -0.39 is 6.61 Å². The monoisotopic (exact) mass is 553 g/mol. The van der Waals surface area contributed by atoms with Gasteiger partial charge in [0.1, 0.15) is 17.5 Å². The van der Waals surface area contributed by atoms with Crippen LogP contribution in [0.3, 0.4) is 0 Å². The average molecular weight is 554 g/mol. The minimum absolute atomic E-state index is 0.0490. The van der Waals surface area contributed by atoms with E-state index in [4.69, 9.17) is 16.7 Å². The predicted molar refractivity (Wildman–Crippen MR) is 139 cm³/mol. The van der Waals surface area contributed by atoms with Crippen LogP contribution in [-0.2, 0) is 13.0 Å². The van der Waals surface area contributed by atoms with Crippen molar-refractivity contribution in [3.8, 4) is 11.8 Å². The van der Waals surface area contributed by atoms with Crippen molar-refractivity contribution in [3.05, 3.63) is 81.1 Å². The molecule has 0 saturated carbocycles. The Kier molecular flexibility index (Phi) is 7.03. The van der Waals surface area contributed by atoms with Crippen molar-refractivity contribution < 1.29 is 23.1 Å². The third-order valence-electron chi connectivity index (χ3n) is 7.43. The largest absolute Gasteiger partial charge is 0.435 e. The zero-order valence-corrected chi connectivity index (χ0v) is 22.3. The van der Waals surface area contributed by atoms with E-state index in [0.29, 0.717) is 29.8 Å². The van der Waals surface area contributed by atoms with Gasteiger partial charge in [-0.2, -0.15) is 19.1 Å². The maximum absolute atomic E-state index is 13.9. The molecular weight excluding hydrogens is 528 g/mol. The molecule has 2 amide bonds. The SMILES string of the molecule is C[C@@H]1Cc2nn3c(c2CN1C(=O)c1ccc(Cl)c(C#N)c1)C(=O)N([C@@H](C)c1ccc(OC(F)F)cc1)C[C@H]3C. The van der Waals surface area contributed by atoms with Crippen molar-refractivity contribution in [3.63, 3.8) is 0 Å². The van der Waals surface area contributed by atoms with Gasteiger partial charge in [0.15, 0.2) is 0 Å². The minimum atomic E-state index is -2.91. The first-order valence-electron chi connectivity index (χ1n) is 12.6. The molecule has 0 aliphatic carbocycles. The van der Waals surface area contributed by atoms with Crippen molar-refractivity contribution in [2.24, 2.45) is 0 Å². The molecule has 5 rings (SSSR count). The zero-order chi connectivity index (χ0) is 28.0. The van der Waals surface area contributed by atoms with Crippen molar-refractivity contribution in [2.75, 3.05) is 6.54 Å². The van der Waals surface area contributed by atoms with Gasteiger partial charge in [0.05, 0.1) is 34.9 Å². The molecule has 3 atom stereocenters. The molecular formula is C28H26ClF2N5O3. The topological polar surface area (TPSA) is 91.5 Å². The number of fused-ring (bicyclic) bond motifs is 3. The molecule has 3 heterocycles. The number of rotatable bonds is 5. The van der Waals surface area contributed by atoms with Gasteiger partial charge in [-0.3, -0.25) is 14.3 Å². The third-order valence-corrected chi connectivity index (χ3v) is 7.76. The van der Waals surface area contributed by atoms with Gasteiger partial charge >= 0.3 is 6.61 Å². The quantitative estimate of drug-likeness (QED) is 0.423. The molecule has 2 aliphatic heterocycles. The summed E-state index contributed by atoms with van der Waals surface area (Å²) in [5.74, 6) is -0.413. The molecule has 3 aromatic rings. The van der Waals surface area contributed by atoms with Crippen LogP contribution in [0.4, 0.5) is 8.78 Å². The molecule has 0 radical (unpaired) electrons. The van der Waals surface area contributed by atoms with Crippen LogP contribution in [0.15, 0.2) is 42.5 Å². The van der Waals surface area contributed by atoms with Crippen LogP contribution in [0.25, 0.3) is 0 Å². The van der Waals surface area contributed by atoms with Crippen LogP contribution in [0.5, 0.6) is 5.75 Å². The fraction of sp³-hybridized carbons (Fsp3) is 0.357. The molecule has 2 aromatic carbocycles.